The molecule has 0 amide bonds. The first kappa shape index (κ1) is 15.7. The van der Waals surface area contributed by atoms with E-state index in [4.69, 9.17) is 16.3 Å². The molecule has 3 aromatic rings. The van der Waals surface area contributed by atoms with Gasteiger partial charge in [0.25, 0.3) is 0 Å². The first-order valence-electron chi connectivity index (χ1n) is 6.77. The summed E-state index contributed by atoms with van der Waals surface area (Å²) in [5, 5.41) is 12.3. The molecule has 5 nitrogen and oxygen atoms in total. The number of nitrogens with zero attached hydrogens (tertiary/aromatic N) is 4. The molecule has 1 heterocycles. The molecule has 0 spiro atoms. The molecule has 0 radical (unpaired) electrons. The van der Waals surface area contributed by atoms with Crippen LogP contribution < -0.4 is 4.74 Å². The average molecular weight is 392 g/mol. The third kappa shape index (κ3) is 4.18. The molecule has 0 aliphatic heterocycles. The second-order valence-corrected chi connectivity index (χ2v) is 5.97. The first-order chi connectivity index (χ1) is 11.2. The molecule has 2 aromatic carbocycles. The van der Waals surface area contributed by atoms with E-state index >= 15 is 0 Å². The Morgan fingerprint density at radius 3 is 2.74 bits per heavy atom. The molecule has 0 N–H and O–H groups in total. The van der Waals surface area contributed by atoms with Gasteiger partial charge in [-0.2, -0.15) is 5.10 Å². The van der Waals surface area contributed by atoms with Gasteiger partial charge in [-0.25, -0.2) is 4.68 Å². The summed E-state index contributed by atoms with van der Waals surface area (Å²) in [6.45, 7) is 0.384. The Balaban J connectivity index is 1.80. The maximum absolute atomic E-state index is 6.15. The summed E-state index contributed by atoms with van der Waals surface area (Å²) in [5.74, 6) is 0.713. The molecule has 0 aliphatic carbocycles. The fourth-order valence-electron chi connectivity index (χ4n) is 1.91. The van der Waals surface area contributed by atoms with E-state index in [2.05, 4.69) is 31.2 Å². The van der Waals surface area contributed by atoms with E-state index in [1.54, 1.807) is 6.21 Å². The highest BCUT2D eigenvalue weighted by molar-refractivity contribution is 9.10. The molecule has 0 saturated heterocycles. The van der Waals surface area contributed by atoms with Crippen molar-refractivity contribution >= 4 is 33.7 Å². The molecule has 0 aliphatic rings. The lowest BCUT2D eigenvalue weighted by Crippen LogP contribution is -1.99. The van der Waals surface area contributed by atoms with E-state index < -0.39 is 0 Å². The molecule has 1 aromatic heterocycles. The lowest BCUT2D eigenvalue weighted by Gasteiger charge is -2.10. The van der Waals surface area contributed by atoms with Gasteiger partial charge in [-0.3, -0.25) is 0 Å². The Bertz CT molecular complexity index is 821. The Labute approximate surface area is 146 Å². The molecule has 0 bridgehead atoms. The Morgan fingerprint density at radius 2 is 1.96 bits per heavy atom. The van der Waals surface area contributed by atoms with Crippen LogP contribution in [0.4, 0.5) is 0 Å². The Morgan fingerprint density at radius 1 is 1.17 bits per heavy atom. The minimum absolute atomic E-state index is 0.384. The molecule has 0 unspecified atom stereocenters. The predicted octanol–water partition coefficient (Wildman–Crippen LogP) is 4.16. The third-order valence-corrected chi connectivity index (χ3v) is 3.91. The van der Waals surface area contributed by atoms with Crippen molar-refractivity contribution in [3.8, 4) is 5.75 Å². The number of rotatable bonds is 5. The van der Waals surface area contributed by atoms with Gasteiger partial charge >= 0.3 is 0 Å². The van der Waals surface area contributed by atoms with Gasteiger partial charge in [0, 0.05) is 20.6 Å². The van der Waals surface area contributed by atoms with Gasteiger partial charge < -0.3 is 4.74 Å². The maximum Gasteiger partial charge on any atom is 0.141 e. The van der Waals surface area contributed by atoms with E-state index in [9.17, 15) is 0 Å². The molecule has 23 heavy (non-hydrogen) atoms. The van der Waals surface area contributed by atoms with Crippen LogP contribution >= 0.6 is 27.5 Å². The van der Waals surface area contributed by atoms with Crippen LogP contribution in [0.2, 0.25) is 5.02 Å². The monoisotopic (exact) mass is 390 g/mol. The van der Waals surface area contributed by atoms with E-state index in [1.807, 2.05) is 42.5 Å². The van der Waals surface area contributed by atoms with Crippen LogP contribution in [-0.4, -0.2) is 21.1 Å². The van der Waals surface area contributed by atoms with Crippen LogP contribution in [0.15, 0.2) is 64.7 Å². The smallest absolute Gasteiger partial charge is 0.141 e. The number of ether oxygens (including phenoxy) is 1. The highest BCUT2D eigenvalue weighted by Gasteiger charge is 2.05. The summed E-state index contributed by atoms with van der Waals surface area (Å²) in [6, 6.07) is 13.3. The zero-order valence-electron chi connectivity index (χ0n) is 11.9. The fourth-order valence-corrected chi connectivity index (χ4v) is 2.48. The molecule has 7 heteroatoms. The summed E-state index contributed by atoms with van der Waals surface area (Å²) >= 11 is 9.61. The lowest BCUT2D eigenvalue weighted by molar-refractivity contribution is 0.306. The van der Waals surface area contributed by atoms with E-state index in [0.717, 1.165) is 15.6 Å². The van der Waals surface area contributed by atoms with Crippen molar-refractivity contribution in [3.05, 3.63) is 75.7 Å². The van der Waals surface area contributed by atoms with Gasteiger partial charge in [-0.1, -0.05) is 45.7 Å². The predicted molar refractivity (Wildman–Crippen MR) is 92.9 cm³/mol. The van der Waals surface area contributed by atoms with Crippen molar-refractivity contribution in [2.24, 2.45) is 5.10 Å². The van der Waals surface area contributed by atoms with Crippen molar-refractivity contribution in [2.45, 2.75) is 6.61 Å². The van der Waals surface area contributed by atoms with E-state index in [0.29, 0.717) is 17.4 Å². The first-order valence-corrected chi connectivity index (χ1v) is 7.94. The number of halogens is 2. The van der Waals surface area contributed by atoms with E-state index in [-0.39, 0.29) is 0 Å². The number of aromatic nitrogens is 3. The van der Waals surface area contributed by atoms with Crippen LogP contribution in [0.25, 0.3) is 0 Å². The second kappa shape index (κ2) is 7.39. The van der Waals surface area contributed by atoms with Crippen LogP contribution in [0.5, 0.6) is 5.75 Å². The van der Waals surface area contributed by atoms with Crippen molar-refractivity contribution in [2.75, 3.05) is 0 Å². The molecule has 0 fully saturated rings. The zero-order chi connectivity index (χ0) is 16.1. The quantitative estimate of drug-likeness (QED) is 0.614. The van der Waals surface area contributed by atoms with Crippen molar-refractivity contribution in [1.29, 1.82) is 0 Å². The summed E-state index contributed by atoms with van der Waals surface area (Å²) in [7, 11) is 0. The molecule has 3 rings (SSSR count). The number of benzene rings is 2. The normalized spacial score (nSPS) is 11.0. The van der Waals surface area contributed by atoms with Gasteiger partial charge in [0.1, 0.15) is 25.0 Å². The highest BCUT2D eigenvalue weighted by atomic mass is 79.9. The summed E-state index contributed by atoms with van der Waals surface area (Å²) in [5.41, 5.74) is 1.76. The van der Waals surface area contributed by atoms with Crippen molar-refractivity contribution in [3.63, 3.8) is 0 Å². The van der Waals surface area contributed by atoms with Crippen LogP contribution in [0, 0.1) is 0 Å². The fraction of sp³-hybridized carbons (Fsp3) is 0.0625. The minimum atomic E-state index is 0.384. The number of hydrogen-bond acceptors (Lipinski definition) is 4. The van der Waals surface area contributed by atoms with Crippen LogP contribution in [0.3, 0.4) is 0 Å². The van der Waals surface area contributed by atoms with Crippen LogP contribution in [0.1, 0.15) is 11.1 Å². The molecular formula is C16H12BrClN4O. The maximum atomic E-state index is 6.15. The van der Waals surface area contributed by atoms with Crippen molar-refractivity contribution < 1.29 is 4.74 Å². The zero-order valence-corrected chi connectivity index (χ0v) is 14.3. The van der Waals surface area contributed by atoms with Gasteiger partial charge in [0.15, 0.2) is 0 Å². The van der Waals surface area contributed by atoms with Gasteiger partial charge in [0.2, 0.25) is 0 Å². The molecule has 0 atom stereocenters. The van der Waals surface area contributed by atoms with Crippen molar-refractivity contribution in [1.82, 2.24) is 14.9 Å². The highest BCUT2D eigenvalue weighted by Crippen LogP contribution is 2.24. The topological polar surface area (TPSA) is 52.3 Å². The SMILES string of the molecule is Clc1ccccc1COc1ccc(Br)cc1C=Nn1cnnc1. The summed E-state index contributed by atoms with van der Waals surface area (Å²) in [4.78, 5) is 0. The average Bonchev–Trinajstić information content (AvgIpc) is 3.07. The molecule has 116 valence electrons. The van der Waals surface area contributed by atoms with Crippen LogP contribution in [-0.2, 0) is 6.61 Å². The van der Waals surface area contributed by atoms with Gasteiger partial charge in [-0.05, 0) is 24.3 Å². The van der Waals surface area contributed by atoms with E-state index in [1.165, 1.54) is 17.3 Å². The van der Waals surface area contributed by atoms with Gasteiger partial charge in [0.05, 0.1) is 6.21 Å². The van der Waals surface area contributed by atoms with Gasteiger partial charge in [-0.15, -0.1) is 10.2 Å². The third-order valence-electron chi connectivity index (χ3n) is 3.05. The Kier molecular flexibility index (Phi) is 5.05. The minimum Gasteiger partial charge on any atom is -0.488 e. The summed E-state index contributed by atoms with van der Waals surface area (Å²) in [6.07, 6.45) is 4.72. The molecular weight excluding hydrogens is 380 g/mol. The molecule has 0 saturated carbocycles. The number of hydrogen-bond donors (Lipinski definition) is 0. The summed E-state index contributed by atoms with van der Waals surface area (Å²) < 4.78 is 8.34. The lowest BCUT2D eigenvalue weighted by atomic mass is 10.2. The Hall–Kier alpha value is -2.18. The second-order valence-electron chi connectivity index (χ2n) is 4.65. The largest absolute Gasteiger partial charge is 0.488 e. The standard InChI is InChI=1S/C16H12BrClN4O/c17-14-5-6-16(23-9-12-3-1-2-4-15(12)18)13(7-14)8-21-22-10-19-20-11-22/h1-8,10-11H,9H2.